The number of aliphatic hydroxyl groups excluding tert-OH is 1. The van der Waals surface area contributed by atoms with Crippen LogP contribution in [0.4, 0.5) is 8.78 Å². The molecule has 1 heterocycles. The Morgan fingerprint density at radius 2 is 2.10 bits per heavy atom. The molecule has 0 bridgehead atoms. The van der Waals surface area contributed by atoms with Crippen LogP contribution in [0.5, 0.6) is 5.75 Å². The number of alkyl halides is 2. The van der Waals surface area contributed by atoms with Crippen LogP contribution < -0.4 is 4.74 Å². The Kier molecular flexibility index (Phi) is 4.92. The van der Waals surface area contributed by atoms with E-state index in [0.29, 0.717) is 5.75 Å². The first-order valence-corrected chi connectivity index (χ1v) is 6.40. The molecule has 1 aromatic heterocycles. The lowest BCUT2D eigenvalue weighted by Gasteiger charge is -2.20. The third-order valence-electron chi connectivity index (χ3n) is 2.96. The molecule has 0 radical (unpaired) electrons. The molecule has 0 aliphatic carbocycles. The predicted octanol–water partition coefficient (Wildman–Crippen LogP) is 2.10. The third kappa shape index (κ3) is 3.91. The largest absolute Gasteiger partial charge is 0.490 e. The molecule has 0 fully saturated rings. The average molecular weight is 284 g/mol. The summed E-state index contributed by atoms with van der Waals surface area (Å²) in [6.45, 7) is -0.143. The van der Waals surface area contributed by atoms with E-state index in [0.717, 1.165) is 10.9 Å². The summed E-state index contributed by atoms with van der Waals surface area (Å²) in [6.07, 6.45) is -1.40. The number of H-pyrrole nitrogens is 1. The lowest BCUT2D eigenvalue weighted by Crippen LogP contribution is -2.35. The summed E-state index contributed by atoms with van der Waals surface area (Å²) in [7, 11) is 1.54. The van der Waals surface area contributed by atoms with Gasteiger partial charge < -0.3 is 14.8 Å². The van der Waals surface area contributed by atoms with Crippen molar-refractivity contribution in [3.05, 3.63) is 30.5 Å². The summed E-state index contributed by atoms with van der Waals surface area (Å²) in [5, 5.41) is 10.7. The first-order chi connectivity index (χ1) is 9.56. The second-order valence-corrected chi connectivity index (χ2v) is 4.77. The molecule has 0 aliphatic rings. The molecule has 2 aromatic rings. The first-order valence-electron chi connectivity index (χ1n) is 6.40. The van der Waals surface area contributed by atoms with Gasteiger partial charge in [0.05, 0.1) is 6.54 Å². The number of hydrogen-bond acceptors (Lipinski definition) is 3. The lowest BCUT2D eigenvalue weighted by molar-refractivity contribution is 0.0476. The van der Waals surface area contributed by atoms with Gasteiger partial charge in [-0.15, -0.1) is 0 Å². The molecular weight excluding hydrogens is 266 g/mol. The molecule has 1 unspecified atom stereocenters. The Hall–Kier alpha value is -1.66. The number of aliphatic hydroxyl groups is 1. The van der Waals surface area contributed by atoms with Gasteiger partial charge in [0.25, 0.3) is 6.43 Å². The molecule has 2 N–H and O–H groups in total. The molecule has 0 aliphatic heterocycles. The van der Waals surface area contributed by atoms with Crippen LogP contribution in [0.3, 0.4) is 0 Å². The van der Waals surface area contributed by atoms with E-state index in [2.05, 4.69) is 4.98 Å². The Morgan fingerprint density at radius 1 is 1.30 bits per heavy atom. The fourth-order valence-electron chi connectivity index (χ4n) is 2.09. The second kappa shape index (κ2) is 6.67. The summed E-state index contributed by atoms with van der Waals surface area (Å²) in [6, 6.07) is 7.48. The number of nitrogens with zero attached hydrogens (tertiary/aromatic N) is 1. The molecule has 0 spiro atoms. The van der Waals surface area contributed by atoms with Crippen LogP contribution in [0.2, 0.25) is 0 Å². The van der Waals surface area contributed by atoms with Crippen LogP contribution in [0, 0.1) is 0 Å². The summed E-state index contributed by atoms with van der Waals surface area (Å²) < 4.78 is 29.9. The maximum Gasteiger partial charge on any atom is 0.251 e. The molecule has 110 valence electrons. The molecule has 6 heteroatoms. The topological polar surface area (TPSA) is 48.5 Å². The highest BCUT2D eigenvalue weighted by Gasteiger charge is 2.13. The second-order valence-electron chi connectivity index (χ2n) is 4.77. The standard InChI is InChI=1S/C14H18F2N2O2/c1-18(8-14(15)16)7-10(19)9-20-13-4-2-3-12-11(13)5-6-17-12/h2-6,10,14,17,19H,7-9H2,1H3. The molecule has 0 saturated heterocycles. The quantitative estimate of drug-likeness (QED) is 0.818. The number of hydrogen-bond donors (Lipinski definition) is 2. The number of likely N-dealkylation sites (N-methyl/N-ethyl adjacent to an activating group) is 1. The van der Waals surface area contributed by atoms with Crippen LogP contribution in [-0.4, -0.2) is 54.3 Å². The summed E-state index contributed by atoms with van der Waals surface area (Å²) >= 11 is 0. The fraction of sp³-hybridized carbons (Fsp3) is 0.429. The van der Waals surface area contributed by atoms with Crippen LogP contribution in [0.25, 0.3) is 10.9 Å². The molecule has 1 aromatic carbocycles. The molecule has 20 heavy (non-hydrogen) atoms. The Labute approximate surface area is 116 Å². The maximum absolute atomic E-state index is 12.2. The molecule has 2 rings (SSSR count). The van der Waals surface area contributed by atoms with Gasteiger partial charge in [-0.25, -0.2) is 8.78 Å². The number of halogens is 2. The van der Waals surface area contributed by atoms with Crippen molar-refractivity contribution < 1.29 is 18.6 Å². The highest BCUT2D eigenvalue weighted by atomic mass is 19.3. The van der Waals surface area contributed by atoms with Gasteiger partial charge in [-0.3, -0.25) is 4.90 Å². The van der Waals surface area contributed by atoms with Gasteiger partial charge in [0.15, 0.2) is 0 Å². The highest BCUT2D eigenvalue weighted by molar-refractivity contribution is 5.85. The highest BCUT2D eigenvalue weighted by Crippen LogP contribution is 2.24. The normalized spacial score (nSPS) is 13.3. The molecule has 1 atom stereocenters. The summed E-state index contributed by atoms with van der Waals surface area (Å²) in [5.74, 6) is 0.666. The zero-order chi connectivity index (χ0) is 14.5. The Balaban J connectivity index is 1.87. The fourth-order valence-corrected chi connectivity index (χ4v) is 2.09. The summed E-state index contributed by atoms with van der Waals surface area (Å²) in [5.41, 5.74) is 0.951. The van der Waals surface area contributed by atoms with Crippen molar-refractivity contribution >= 4 is 10.9 Å². The van der Waals surface area contributed by atoms with E-state index in [1.165, 1.54) is 4.90 Å². The van der Waals surface area contributed by atoms with Crippen LogP contribution in [0.1, 0.15) is 0 Å². The van der Waals surface area contributed by atoms with Gasteiger partial charge >= 0.3 is 0 Å². The number of fused-ring (bicyclic) bond motifs is 1. The maximum atomic E-state index is 12.2. The lowest BCUT2D eigenvalue weighted by atomic mass is 10.2. The van der Waals surface area contributed by atoms with Gasteiger partial charge in [0.1, 0.15) is 18.5 Å². The van der Waals surface area contributed by atoms with E-state index < -0.39 is 12.5 Å². The predicted molar refractivity (Wildman–Crippen MR) is 73.3 cm³/mol. The average Bonchev–Trinajstić information content (AvgIpc) is 2.83. The molecule has 0 amide bonds. The van der Waals surface area contributed by atoms with E-state index in [1.54, 1.807) is 7.05 Å². The van der Waals surface area contributed by atoms with Crippen molar-refractivity contribution in [3.8, 4) is 5.75 Å². The number of benzene rings is 1. The minimum Gasteiger partial charge on any atom is -0.490 e. The van der Waals surface area contributed by atoms with Gasteiger partial charge in [-0.05, 0) is 25.2 Å². The van der Waals surface area contributed by atoms with Gasteiger partial charge in [-0.1, -0.05) is 6.07 Å². The monoisotopic (exact) mass is 284 g/mol. The minimum atomic E-state index is -2.40. The number of aromatic amines is 1. The minimum absolute atomic E-state index is 0.0673. The van der Waals surface area contributed by atoms with Crippen molar-refractivity contribution in [2.45, 2.75) is 12.5 Å². The number of nitrogens with one attached hydrogen (secondary N) is 1. The van der Waals surface area contributed by atoms with Crippen molar-refractivity contribution in [1.29, 1.82) is 0 Å². The number of ether oxygens (including phenoxy) is 1. The van der Waals surface area contributed by atoms with Gasteiger partial charge in [0.2, 0.25) is 0 Å². The Bertz CT molecular complexity index is 545. The molecule has 4 nitrogen and oxygen atoms in total. The Morgan fingerprint density at radius 3 is 2.85 bits per heavy atom. The van der Waals surface area contributed by atoms with Crippen LogP contribution >= 0.6 is 0 Å². The summed E-state index contributed by atoms with van der Waals surface area (Å²) in [4.78, 5) is 4.45. The van der Waals surface area contributed by atoms with Gasteiger partial charge in [-0.2, -0.15) is 0 Å². The van der Waals surface area contributed by atoms with E-state index in [1.807, 2.05) is 30.5 Å². The van der Waals surface area contributed by atoms with Gasteiger partial charge in [0, 0.05) is 23.6 Å². The van der Waals surface area contributed by atoms with E-state index in [4.69, 9.17) is 4.74 Å². The van der Waals surface area contributed by atoms with Crippen molar-refractivity contribution in [1.82, 2.24) is 9.88 Å². The molecular formula is C14H18F2N2O2. The van der Waals surface area contributed by atoms with Crippen molar-refractivity contribution in [3.63, 3.8) is 0 Å². The van der Waals surface area contributed by atoms with E-state index in [-0.39, 0.29) is 19.7 Å². The SMILES string of the molecule is CN(CC(F)F)CC(O)COc1cccc2[nH]ccc12. The van der Waals surface area contributed by atoms with Crippen molar-refractivity contribution in [2.24, 2.45) is 0 Å². The molecule has 0 saturated carbocycles. The van der Waals surface area contributed by atoms with Crippen LogP contribution in [-0.2, 0) is 0 Å². The first kappa shape index (κ1) is 14.7. The third-order valence-corrected chi connectivity index (χ3v) is 2.96. The van der Waals surface area contributed by atoms with E-state index in [9.17, 15) is 13.9 Å². The smallest absolute Gasteiger partial charge is 0.251 e. The van der Waals surface area contributed by atoms with Crippen LogP contribution in [0.15, 0.2) is 30.5 Å². The zero-order valence-corrected chi connectivity index (χ0v) is 11.2. The van der Waals surface area contributed by atoms with E-state index >= 15 is 0 Å². The zero-order valence-electron chi connectivity index (χ0n) is 11.2. The number of rotatable bonds is 7. The number of aromatic nitrogens is 1. The van der Waals surface area contributed by atoms with Crippen molar-refractivity contribution in [2.75, 3.05) is 26.7 Å².